The molecule has 0 unspecified atom stereocenters. The Morgan fingerprint density at radius 3 is 2.45 bits per heavy atom. The molecular weight excluding hydrogens is 343 g/mol. The second-order valence-corrected chi connectivity index (χ2v) is 6.64. The average molecular weight is 358 g/mol. The zero-order chi connectivity index (χ0) is 15.5. The molecule has 22 heavy (non-hydrogen) atoms. The molecule has 0 bridgehead atoms. The maximum absolute atomic E-state index is 6.19. The molecule has 6 heteroatoms. The van der Waals surface area contributed by atoms with Gasteiger partial charge in [0.15, 0.2) is 0 Å². The van der Waals surface area contributed by atoms with Crippen LogP contribution in [0.25, 0.3) is 0 Å². The van der Waals surface area contributed by atoms with Gasteiger partial charge in [0.2, 0.25) is 0 Å². The molecule has 1 fully saturated rings. The molecule has 3 rings (SSSR count). The van der Waals surface area contributed by atoms with E-state index >= 15 is 0 Å². The fraction of sp³-hybridized carbons (Fsp3) is 0.312. The molecule has 0 radical (unpaired) electrons. The number of hydrogen-bond donors (Lipinski definition) is 1. The first-order chi connectivity index (χ1) is 10.6. The fourth-order valence-corrected chi connectivity index (χ4v) is 3.39. The Morgan fingerprint density at radius 1 is 1.05 bits per heavy atom. The third-order valence-corrected chi connectivity index (χ3v) is 4.32. The van der Waals surface area contributed by atoms with Crippen LogP contribution in [0.5, 0.6) is 5.75 Å². The van der Waals surface area contributed by atoms with E-state index in [-0.39, 0.29) is 6.10 Å². The van der Waals surface area contributed by atoms with E-state index in [4.69, 9.17) is 39.5 Å². The third-order valence-electron chi connectivity index (χ3n) is 3.68. The van der Waals surface area contributed by atoms with Crippen molar-refractivity contribution >= 4 is 34.8 Å². The number of pyridine rings is 1. The highest BCUT2D eigenvalue weighted by atomic mass is 35.5. The molecule has 3 nitrogen and oxygen atoms in total. The van der Waals surface area contributed by atoms with Gasteiger partial charge in [-0.25, -0.2) is 0 Å². The topological polar surface area (TPSA) is 34.1 Å². The summed E-state index contributed by atoms with van der Waals surface area (Å²) >= 11 is 18.2. The van der Waals surface area contributed by atoms with Crippen molar-refractivity contribution in [2.24, 2.45) is 5.92 Å². The van der Waals surface area contributed by atoms with E-state index in [0.717, 1.165) is 25.1 Å². The summed E-state index contributed by atoms with van der Waals surface area (Å²) in [5, 5.41) is 5.06. The van der Waals surface area contributed by atoms with E-state index in [0.29, 0.717) is 26.7 Å². The van der Waals surface area contributed by atoms with E-state index in [1.807, 2.05) is 6.07 Å². The summed E-state index contributed by atoms with van der Waals surface area (Å²) in [6.45, 7) is 1.88. The predicted octanol–water partition coefficient (Wildman–Crippen LogP) is 4.77. The lowest BCUT2D eigenvalue weighted by Gasteiger charge is -2.25. The Morgan fingerprint density at radius 2 is 1.82 bits per heavy atom. The van der Waals surface area contributed by atoms with Gasteiger partial charge in [-0.2, -0.15) is 0 Å². The number of hydrogen-bond acceptors (Lipinski definition) is 3. The molecule has 2 aromatic rings. The molecule has 0 spiro atoms. The van der Waals surface area contributed by atoms with E-state index in [1.165, 1.54) is 0 Å². The number of benzene rings is 1. The van der Waals surface area contributed by atoms with Crippen LogP contribution in [-0.4, -0.2) is 18.1 Å². The minimum absolute atomic E-state index is 0.143. The van der Waals surface area contributed by atoms with E-state index in [2.05, 4.69) is 10.3 Å². The fourth-order valence-electron chi connectivity index (χ4n) is 2.70. The van der Waals surface area contributed by atoms with Crippen molar-refractivity contribution in [3.8, 4) is 5.75 Å². The van der Waals surface area contributed by atoms with E-state index in [1.54, 1.807) is 30.6 Å². The maximum atomic E-state index is 6.19. The van der Waals surface area contributed by atoms with Gasteiger partial charge in [0, 0.05) is 40.5 Å². The first-order valence-corrected chi connectivity index (χ1v) is 8.19. The molecular formula is C16H15Cl3N2O. The Hall–Kier alpha value is -1.00. The molecule has 1 aromatic carbocycles. The Bertz CT molecular complexity index is 639. The molecule has 0 amide bonds. The first kappa shape index (κ1) is 15.9. The normalized spacial score (nSPS) is 19.1. The summed E-state index contributed by atoms with van der Waals surface area (Å²) in [6, 6.07) is 7.11. The van der Waals surface area contributed by atoms with Crippen molar-refractivity contribution in [3.05, 3.63) is 57.3 Å². The van der Waals surface area contributed by atoms with Crippen molar-refractivity contribution in [1.82, 2.24) is 10.3 Å². The van der Waals surface area contributed by atoms with Crippen molar-refractivity contribution in [3.63, 3.8) is 0 Å². The van der Waals surface area contributed by atoms with Crippen molar-refractivity contribution in [1.29, 1.82) is 0 Å². The third kappa shape index (κ3) is 3.85. The molecule has 1 aromatic heterocycles. The number of ether oxygens (including phenoxy) is 1. The minimum Gasteiger partial charge on any atom is -0.485 e. The summed E-state index contributed by atoms with van der Waals surface area (Å²) in [5.41, 5.74) is 0.956. The Kier molecular flexibility index (Phi) is 5.09. The smallest absolute Gasteiger partial charge is 0.129 e. The molecule has 116 valence electrons. The van der Waals surface area contributed by atoms with Gasteiger partial charge in [0.1, 0.15) is 11.9 Å². The molecule has 1 aliphatic heterocycles. The van der Waals surface area contributed by atoms with E-state index in [9.17, 15) is 0 Å². The largest absolute Gasteiger partial charge is 0.485 e. The van der Waals surface area contributed by atoms with Crippen molar-refractivity contribution < 1.29 is 4.74 Å². The number of aromatic nitrogens is 1. The van der Waals surface area contributed by atoms with E-state index < -0.39 is 0 Å². The van der Waals surface area contributed by atoms with Crippen LogP contribution in [0, 0.1) is 5.92 Å². The van der Waals surface area contributed by atoms with Gasteiger partial charge in [-0.1, -0.05) is 34.8 Å². The van der Waals surface area contributed by atoms with Crippen LogP contribution < -0.4 is 10.1 Å². The van der Waals surface area contributed by atoms with Crippen LogP contribution in [0.2, 0.25) is 15.1 Å². The number of halogens is 3. The minimum atomic E-state index is -0.143. The predicted molar refractivity (Wildman–Crippen MR) is 90.1 cm³/mol. The summed E-state index contributed by atoms with van der Waals surface area (Å²) in [7, 11) is 0. The number of nitrogens with zero attached hydrogens (tertiary/aromatic N) is 1. The zero-order valence-electron chi connectivity index (χ0n) is 11.7. The molecule has 2 heterocycles. The number of nitrogens with one attached hydrogen (secondary N) is 1. The summed E-state index contributed by atoms with van der Waals surface area (Å²) in [6.07, 6.45) is 4.30. The molecule has 1 aliphatic rings. The van der Waals surface area contributed by atoms with Gasteiger partial charge < -0.3 is 10.1 Å². The highest BCUT2D eigenvalue weighted by molar-refractivity contribution is 6.34. The van der Waals surface area contributed by atoms with Crippen LogP contribution in [0.3, 0.4) is 0 Å². The van der Waals surface area contributed by atoms with Crippen LogP contribution >= 0.6 is 34.8 Å². The molecule has 1 saturated heterocycles. The lowest BCUT2D eigenvalue weighted by molar-refractivity contribution is 0.144. The summed E-state index contributed by atoms with van der Waals surface area (Å²) < 4.78 is 6.19. The number of rotatable bonds is 4. The molecule has 0 aliphatic carbocycles. The van der Waals surface area contributed by atoms with Gasteiger partial charge in [0.25, 0.3) is 0 Å². The van der Waals surface area contributed by atoms with Crippen LogP contribution in [-0.2, 0) is 0 Å². The van der Waals surface area contributed by atoms with Crippen LogP contribution in [0.15, 0.2) is 36.7 Å². The molecule has 0 saturated carbocycles. The van der Waals surface area contributed by atoms with Gasteiger partial charge in [-0.3, -0.25) is 4.98 Å². The van der Waals surface area contributed by atoms with Crippen LogP contribution in [0.1, 0.15) is 18.1 Å². The van der Waals surface area contributed by atoms with Gasteiger partial charge in [0.05, 0.1) is 5.02 Å². The lowest BCUT2D eigenvalue weighted by Crippen LogP contribution is -2.21. The molecule has 1 N–H and O–H groups in total. The van der Waals surface area contributed by atoms with Gasteiger partial charge >= 0.3 is 0 Å². The average Bonchev–Trinajstić information content (AvgIpc) is 2.97. The first-order valence-electron chi connectivity index (χ1n) is 7.06. The monoisotopic (exact) mass is 356 g/mol. The lowest BCUT2D eigenvalue weighted by atomic mass is 9.96. The quantitative estimate of drug-likeness (QED) is 0.855. The maximum Gasteiger partial charge on any atom is 0.129 e. The second-order valence-electron chi connectivity index (χ2n) is 5.33. The standard InChI is InChI=1S/C16H15Cl3N2O/c17-12-4-13(18)6-15(5-12)22-16(10-1-2-20-7-10)11-3-14(19)9-21-8-11/h3-6,8-10,16,20H,1-2,7H2/t10-,16+/m0/s1. The Balaban J connectivity index is 1.91. The second kappa shape index (κ2) is 7.05. The summed E-state index contributed by atoms with van der Waals surface area (Å²) in [5.74, 6) is 0.993. The highest BCUT2D eigenvalue weighted by Crippen LogP contribution is 2.34. The SMILES string of the molecule is Clc1cc(Cl)cc(O[C@@H](c2cncc(Cl)c2)[C@H]2CCNC2)c1. The zero-order valence-corrected chi connectivity index (χ0v) is 14.0. The summed E-state index contributed by atoms with van der Waals surface area (Å²) in [4.78, 5) is 4.17. The van der Waals surface area contributed by atoms with Crippen molar-refractivity contribution in [2.45, 2.75) is 12.5 Å². The Labute approximate surface area is 144 Å². The highest BCUT2D eigenvalue weighted by Gasteiger charge is 2.28. The van der Waals surface area contributed by atoms with Gasteiger partial charge in [-0.05, 0) is 37.2 Å². The molecule has 2 atom stereocenters. The van der Waals surface area contributed by atoms with Gasteiger partial charge in [-0.15, -0.1) is 0 Å². The van der Waals surface area contributed by atoms with Crippen molar-refractivity contribution in [2.75, 3.05) is 13.1 Å². The van der Waals surface area contributed by atoms with Crippen LogP contribution in [0.4, 0.5) is 0 Å².